The monoisotopic (exact) mass is 204 g/mol. The lowest BCUT2D eigenvalue weighted by molar-refractivity contribution is -0.452. The van der Waals surface area contributed by atoms with Gasteiger partial charge in [-0.3, -0.25) is 0 Å². The summed E-state index contributed by atoms with van der Waals surface area (Å²) in [6.07, 6.45) is 1.40. The first kappa shape index (κ1) is 13.9. The molecule has 0 fully saturated rings. The molecule has 0 aliphatic rings. The Kier molecular flexibility index (Phi) is 5.06. The second kappa shape index (κ2) is 5.10. The van der Waals surface area contributed by atoms with Crippen LogP contribution in [0.15, 0.2) is 0 Å². The molecule has 0 aromatic heterocycles. The van der Waals surface area contributed by atoms with E-state index in [2.05, 4.69) is 0 Å². The Morgan fingerprint density at radius 1 is 1.14 bits per heavy atom. The minimum atomic E-state index is -1.19. The molecule has 0 amide bonds. The van der Waals surface area contributed by atoms with Crippen LogP contribution in [0.1, 0.15) is 54.4 Å². The summed E-state index contributed by atoms with van der Waals surface area (Å²) < 4.78 is 0. The minimum Gasteiger partial charge on any atom is -0.363 e. The molecule has 0 aromatic carbocycles. The number of rotatable bonds is 6. The minimum absolute atomic E-state index is 0.346. The number of hydrogen-bond donors (Lipinski definition) is 1. The summed E-state index contributed by atoms with van der Waals surface area (Å²) in [4.78, 5) is 10.2. The molecule has 0 rings (SSSR count). The zero-order valence-electron chi connectivity index (χ0n) is 10.3. The van der Waals surface area contributed by atoms with Gasteiger partial charge in [-0.2, -0.15) is 0 Å². The molecule has 0 bridgehead atoms. The molecule has 0 saturated carbocycles. The van der Waals surface area contributed by atoms with Gasteiger partial charge < -0.3 is 5.11 Å². The van der Waals surface area contributed by atoms with E-state index < -0.39 is 5.79 Å². The Morgan fingerprint density at radius 2 is 1.64 bits per heavy atom. The Bertz CT molecular complexity index is 162. The first-order chi connectivity index (χ1) is 6.18. The fourth-order valence-electron chi connectivity index (χ4n) is 1.05. The van der Waals surface area contributed by atoms with E-state index in [1.165, 1.54) is 0 Å². The third-order valence-electron chi connectivity index (χ3n) is 2.09. The second-order valence-electron chi connectivity index (χ2n) is 5.05. The molecule has 14 heavy (non-hydrogen) atoms. The van der Waals surface area contributed by atoms with Gasteiger partial charge in [0.05, 0.1) is 5.60 Å². The fraction of sp³-hybridized carbons (Fsp3) is 1.00. The molecule has 0 saturated heterocycles. The largest absolute Gasteiger partial charge is 0.363 e. The van der Waals surface area contributed by atoms with E-state index in [0.717, 1.165) is 6.42 Å². The van der Waals surface area contributed by atoms with E-state index in [1.807, 2.05) is 34.6 Å². The van der Waals surface area contributed by atoms with Gasteiger partial charge in [-0.05, 0) is 33.1 Å². The van der Waals surface area contributed by atoms with Crippen LogP contribution in [0.5, 0.6) is 0 Å². The van der Waals surface area contributed by atoms with Crippen LogP contribution in [0.2, 0.25) is 0 Å². The molecule has 0 spiro atoms. The molecule has 0 radical (unpaired) electrons. The first-order valence-corrected chi connectivity index (χ1v) is 5.28. The molecule has 3 heteroatoms. The summed E-state index contributed by atoms with van der Waals surface area (Å²) in [6, 6.07) is 0. The van der Waals surface area contributed by atoms with Crippen molar-refractivity contribution in [2.45, 2.75) is 65.8 Å². The molecule has 1 atom stereocenters. The molecular formula is C11H24O3. The smallest absolute Gasteiger partial charge is 0.196 e. The molecule has 1 N–H and O–H groups in total. The van der Waals surface area contributed by atoms with E-state index in [0.29, 0.717) is 12.3 Å². The highest BCUT2D eigenvalue weighted by atomic mass is 17.2. The van der Waals surface area contributed by atoms with Gasteiger partial charge in [0.2, 0.25) is 0 Å². The Hall–Kier alpha value is -0.120. The molecular weight excluding hydrogens is 180 g/mol. The van der Waals surface area contributed by atoms with Gasteiger partial charge in [-0.25, -0.2) is 9.78 Å². The average Bonchev–Trinajstić information content (AvgIpc) is 1.99. The van der Waals surface area contributed by atoms with Gasteiger partial charge in [0, 0.05) is 6.42 Å². The third kappa shape index (κ3) is 6.35. The number of hydrogen-bond acceptors (Lipinski definition) is 3. The van der Waals surface area contributed by atoms with E-state index in [1.54, 1.807) is 6.92 Å². The quantitative estimate of drug-likeness (QED) is 0.411. The molecule has 0 aliphatic carbocycles. The van der Waals surface area contributed by atoms with E-state index in [4.69, 9.17) is 9.78 Å². The van der Waals surface area contributed by atoms with Crippen molar-refractivity contribution < 1.29 is 14.9 Å². The Morgan fingerprint density at radius 3 is 2.00 bits per heavy atom. The van der Waals surface area contributed by atoms with Crippen molar-refractivity contribution in [3.05, 3.63) is 0 Å². The van der Waals surface area contributed by atoms with Crippen LogP contribution in [0.3, 0.4) is 0 Å². The van der Waals surface area contributed by atoms with Gasteiger partial charge in [-0.1, -0.05) is 20.8 Å². The predicted molar refractivity (Wildman–Crippen MR) is 56.6 cm³/mol. The van der Waals surface area contributed by atoms with Crippen LogP contribution in [-0.2, 0) is 9.78 Å². The van der Waals surface area contributed by atoms with Crippen LogP contribution in [0, 0.1) is 5.92 Å². The maximum Gasteiger partial charge on any atom is 0.196 e. The number of aliphatic hydroxyl groups is 1. The second-order valence-corrected chi connectivity index (χ2v) is 5.05. The van der Waals surface area contributed by atoms with Gasteiger partial charge in [0.25, 0.3) is 0 Å². The van der Waals surface area contributed by atoms with Crippen LogP contribution in [0.25, 0.3) is 0 Å². The molecule has 1 unspecified atom stereocenters. The predicted octanol–water partition coefficient (Wildman–Crippen LogP) is 2.88. The Labute approximate surface area is 87.3 Å². The van der Waals surface area contributed by atoms with E-state index in [-0.39, 0.29) is 5.60 Å². The summed E-state index contributed by atoms with van der Waals surface area (Å²) in [5.74, 6) is -0.820. The van der Waals surface area contributed by atoms with Crippen molar-refractivity contribution in [2.24, 2.45) is 5.92 Å². The summed E-state index contributed by atoms with van der Waals surface area (Å²) in [5, 5.41) is 9.80. The zero-order valence-corrected chi connectivity index (χ0v) is 10.3. The lowest BCUT2D eigenvalue weighted by Crippen LogP contribution is -2.35. The summed E-state index contributed by atoms with van der Waals surface area (Å²) in [7, 11) is 0. The van der Waals surface area contributed by atoms with Crippen molar-refractivity contribution in [1.29, 1.82) is 0 Å². The highest BCUT2D eigenvalue weighted by Crippen LogP contribution is 2.22. The molecule has 0 aliphatic heterocycles. The van der Waals surface area contributed by atoms with Gasteiger partial charge >= 0.3 is 0 Å². The van der Waals surface area contributed by atoms with E-state index in [9.17, 15) is 5.11 Å². The van der Waals surface area contributed by atoms with Gasteiger partial charge in [-0.15, -0.1) is 0 Å². The van der Waals surface area contributed by atoms with Crippen LogP contribution in [0.4, 0.5) is 0 Å². The highest BCUT2D eigenvalue weighted by molar-refractivity contribution is 4.64. The van der Waals surface area contributed by atoms with Crippen molar-refractivity contribution in [2.75, 3.05) is 0 Å². The van der Waals surface area contributed by atoms with Crippen molar-refractivity contribution in [3.63, 3.8) is 0 Å². The molecule has 0 heterocycles. The maximum absolute atomic E-state index is 9.80. The molecule has 3 nitrogen and oxygen atoms in total. The lowest BCUT2D eigenvalue weighted by Gasteiger charge is -2.29. The normalized spacial score (nSPS) is 17.1. The van der Waals surface area contributed by atoms with Crippen LogP contribution >= 0.6 is 0 Å². The highest BCUT2D eigenvalue weighted by Gasteiger charge is 2.28. The van der Waals surface area contributed by atoms with Crippen molar-refractivity contribution >= 4 is 0 Å². The topological polar surface area (TPSA) is 38.7 Å². The average molecular weight is 204 g/mol. The zero-order chi connectivity index (χ0) is 11.4. The fourth-order valence-corrected chi connectivity index (χ4v) is 1.05. The van der Waals surface area contributed by atoms with E-state index >= 15 is 0 Å². The van der Waals surface area contributed by atoms with Crippen molar-refractivity contribution in [3.8, 4) is 0 Å². The first-order valence-electron chi connectivity index (χ1n) is 5.28. The maximum atomic E-state index is 9.80. The third-order valence-corrected chi connectivity index (χ3v) is 2.09. The SMILES string of the molecule is CCC(C)(C)OOC(C)(O)CC(C)C. The summed E-state index contributed by atoms with van der Waals surface area (Å²) in [6.45, 7) is 11.6. The van der Waals surface area contributed by atoms with Gasteiger partial charge in [0.1, 0.15) is 0 Å². The summed E-state index contributed by atoms with van der Waals surface area (Å²) >= 11 is 0. The lowest BCUT2D eigenvalue weighted by atomic mass is 10.0. The van der Waals surface area contributed by atoms with Crippen molar-refractivity contribution in [1.82, 2.24) is 0 Å². The van der Waals surface area contributed by atoms with Gasteiger partial charge in [0.15, 0.2) is 5.79 Å². The summed E-state index contributed by atoms with van der Waals surface area (Å²) in [5.41, 5.74) is -0.346. The molecule has 86 valence electrons. The van der Waals surface area contributed by atoms with Crippen LogP contribution in [-0.4, -0.2) is 16.5 Å². The Balaban J connectivity index is 3.98. The van der Waals surface area contributed by atoms with Crippen LogP contribution < -0.4 is 0 Å². The standard InChI is InChI=1S/C11H24O3/c1-7-10(4,5)13-14-11(6,12)8-9(2)3/h9,12H,7-8H2,1-6H3. The molecule has 0 aromatic rings.